The largest absolute Gasteiger partial charge is 0.469 e. The summed E-state index contributed by atoms with van der Waals surface area (Å²) < 4.78 is 18.3. The van der Waals surface area contributed by atoms with Crippen molar-refractivity contribution in [3.8, 4) is 0 Å². The van der Waals surface area contributed by atoms with Crippen LogP contribution in [0.4, 0.5) is 0 Å². The van der Waals surface area contributed by atoms with Crippen molar-refractivity contribution in [1.82, 2.24) is 5.32 Å². The molecule has 0 unspecified atom stereocenters. The minimum absolute atomic E-state index is 0.0178. The Morgan fingerprint density at radius 2 is 2.03 bits per heavy atom. The van der Waals surface area contributed by atoms with E-state index in [0.717, 1.165) is 31.6 Å². The van der Waals surface area contributed by atoms with Crippen LogP contribution in [0.3, 0.4) is 0 Å². The van der Waals surface area contributed by atoms with Crippen LogP contribution >= 0.6 is 0 Å². The molecule has 5 nitrogen and oxygen atoms in total. The first-order valence-corrected chi connectivity index (χ1v) is 13.2. The number of furan rings is 1. The standard InChI is InChI=1S/C29H37NO4/c1-19-8-6-13-28(2)17-24-25(26-29(19,28)34-26)22(27(31)33-24)18-30-14-12-21(23-11-7-15-32-23)16-20-9-4-3-5-10-20/h3-5,7,9-11,15,19,21-22,24-26,30H,6,8,12-14,16-18H2,1-2H3/t19-,21-,22+,24+,25+,26+,28+,29+/m0/s1. The lowest BCUT2D eigenvalue weighted by molar-refractivity contribution is -0.146. The molecule has 0 amide bonds. The molecule has 2 aliphatic heterocycles. The van der Waals surface area contributed by atoms with E-state index in [1.54, 1.807) is 6.26 Å². The van der Waals surface area contributed by atoms with Crippen LogP contribution in [0, 0.1) is 23.2 Å². The molecule has 2 saturated carbocycles. The highest BCUT2D eigenvalue weighted by molar-refractivity contribution is 5.76. The summed E-state index contributed by atoms with van der Waals surface area (Å²) in [4.78, 5) is 12.9. The summed E-state index contributed by atoms with van der Waals surface area (Å²) in [6.07, 6.45) is 8.49. The molecule has 4 fully saturated rings. The Labute approximate surface area is 202 Å². The van der Waals surface area contributed by atoms with E-state index in [-0.39, 0.29) is 41.0 Å². The van der Waals surface area contributed by atoms with Crippen LogP contribution in [-0.2, 0) is 20.7 Å². The number of ether oxygens (including phenoxy) is 2. The third-order valence-electron chi connectivity index (χ3n) is 9.50. The Morgan fingerprint density at radius 3 is 2.82 bits per heavy atom. The molecule has 4 aliphatic rings. The van der Waals surface area contributed by atoms with Crippen molar-refractivity contribution in [3.63, 3.8) is 0 Å². The lowest BCUT2D eigenvalue weighted by atomic mass is 9.53. The fourth-order valence-electron chi connectivity index (χ4n) is 7.77. The summed E-state index contributed by atoms with van der Waals surface area (Å²) in [6, 6.07) is 14.6. The van der Waals surface area contributed by atoms with Gasteiger partial charge >= 0.3 is 5.97 Å². The molecule has 1 N–H and O–H groups in total. The van der Waals surface area contributed by atoms with Gasteiger partial charge in [0, 0.05) is 23.8 Å². The highest BCUT2D eigenvalue weighted by Gasteiger charge is 2.78. The predicted octanol–water partition coefficient (Wildman–Crippen LogP) is 5.11. The summed E-state index contributed by atoms with van der Waals surface area (Å²) in [6.45, 7) is 6.23. The van der Waals surface area contributed by atoms with Crippen LogP contribution in [0.15, 0.2) is 53.1 Å². The van der Waals surface area contributed by atoms with Gasteiger partial charge in [-0.2, -0.15) is 0 Å². The first-order valence-electron chi connectivity index (χ1n) is 13.2. The van der Waals surface area contributed by atoms with Gasteiger partial charge in [0.2, 0.25) is 0 Å². The molecule has 8 atom stereocenters. The molecule has 6 rings (SSSR count). The van der Waals surface area contributed by atoms with Gasteiger partial charge in [-0.3, -0.25) is 4.79 Å². The number of esters is 1. The number of rotatable bonds is 8. The number of carbonyl (C=O) groups is 1. The highest BCUT2D eigenvalue weighted by Crippen LogP contribution is 2.70. The van der Waals surface area contributed by atoms with Gasteiger partial charge in [0.15, 0.2) is 0 Å². The van der Waals surface area contributed by atoms with E-state index in [4.69, 9.17) is 13.9 Å². The minimum Gasteiger partial charge on any atom is -0.469 e. The normalized spacial score (nSPS) is 39.0. The van der Waals surface area contributed by atoms with Gasteiger partial charge in [0.25, 0.3) is 0 Å². The summed E-state index contributed by atoms with van der Waals surface area (Å²) in [7, 11) is 0. The minimum atomic E-state index is -0.107. The molecule has 1 aromatic carbocycles. The summed E-state index contributed by atoms with van der Waals surface area (Å²) in [5.41, 5.74) is 1.43. The molecule has 2 saturated heterocycles. The molecule has 0 radical (unpaired) electrons. The van der Waals surface area contributed by atoms with E-state index >= 15 is 0 Å². The Balaban J connectivity index is 1.09. The van der Waals surface area contributed by atoms with Crippen LogP contribution in [0.25, 0.3) is 0 Å². The van der Waals surface area contributed by atoms with E-state index < -0.39 is 0 Å². The first-order chi connectivity index (χ1) is 16.5. The molecule has 1 aromatic heterocycles. The van der Waals surface area contributed by atoms with Gasteiger partial charge in [-0.1, -0.05) is 50.6 Å². The van der Waals surface area contributed by atoms with Crippen LogP contribution in [0.2, 0.25) is 0 Å². The molecular formula is C29H37NO4. The molecule has 5 heteroatoms. The monoisotopic (exact) mass is 463 g/mol. The molecular weight excluding hydrogens is 426 g/mol. The highest BCUT2D eigenvalue weighted by atomic mass is 16.6. The van der Waals surface area contributed by atoms with Crippen LogP contribution in [0.1, 0.15) is 63.2 Å². The summed E-state index contributed by atoms with van der Waals surface area (Å²) >= 11 is 0. The lowest BCUT2D eigenvalue weighted by Crippen LogP contribution is -2.54. The fraction of sp³-hybridized carbons (Fsp3) is 0.621. The number of benzene rings is 1. The number of hydrogen-bond donors (Lipinski definition) is 1. The SMILES string of the molecule is C[C@H]1CCC[C@]2(C)C[C@H]3OC(=O)[C@H](CNCC[C@@H](Cc4ccccc4)c4ccco4)[C@H]3[C@H]3O[C@@]312. The van der Waals surface area contributed by atoms with Gasteiger partial charge in [-0.25, -0.2) is 0 Å². The first kappa shape index (κ1) is 22.4. The summed E-state index contributed by atoms with van der Waals surface area (Å²) in [5.74, 6) is 1.95. The number of nitrogens with one attached hydrogen (secondary N) is 1. The van der Waals surface area contributed by atoms with Gasteiger partial charge < -0.3 is 19.2 Å². The van der Waals surface area contributed by atoms with Gasteiger partial charge in [0.1, 0.15) is 17.5 Å². The fourth-order valence-corrected chi connectivity index (χ4v) is 7.77. The van der Waals surface area contributed by atoms with Crippen molar-refractivity contribution in [3.05, 3.63) is 60.1 Å². The smallest absolute Gasteiger partial charge is 0.311 e. The number of hydrogen-bond acceptors (Lipinski definition) is 5. The average Bonchev–Trinajstić information content (AvgIpc) is 3.20. The number of fused-ring (bicyclic) bond motifs is 2. The second-order valence-electron chi connectivity index (χ2n) is 11.4. The molecule has 1 spiro atoms. The molecule has 182 valence electrons. The molecule has 34 heavy (non-hydrogen) atoms. The van der Waals surface area contributed by atoms with Crippen LogP contribution in [-0.4, -0.2) is 36.9 Å². The Bertz CT molecular complexity index is 1010. The van der Waals surface area contributed by atoms with Gasteiger partial charge in [0.05, 0.1) is 18.3 Å². The second-order valence-corrected chi connectivity index (χ2v) is 11.4. The maximum absolute atomic E-state index is 12.9. The average molecular weight is 464 g/mol. The zero-order valence-electron chi connectivity index (χ0n) is 20.4. The lowest BCUT2D eigenvalue weighted by Gasteiger charge is -2.48. The predicted molar refractivity (Wildman–Crippen MR) is 129 cm³/mol. The Morgan fingerprint density at radius 1 is 1.18 bits per heavy atom. The zero-order valence-corrected chi connectivity index (χ0v) is 20.4. The molecule has 3 heterocycles. The van der Waals surface area contributed by atoms with E-state index in [1.807, 2.05) is 6.07 Å². The zero-order chi connectivity index (χ0) is 23.3. The van der Waals surface area contributed by atoms with E-state index in [2.05, 4.69) is 55.6 Å². The van der Waals surface area contributed by atoms with Crippen molar-refractivity contribution in [2.45, 2.75) is 76.1 Å². The number of epoxide rings is 1. The van der Waals surface area contributed by atoms with Crippen molar-refractivity contribution in [2.75, 3.05) is 13.1 Å². The summed E-state index contributed by atoms with van der Waals surface area (Å²) in [5, 5.41) is 3.60. The third-order valence-corrected chi connectivity index (χ3v) is 9.50. The van der Waals surface area contributed by atoms with Crippen LogP contribution < -0.4 is 5.32 Å². The maximum atomic E-state index is 12.9. The van der Waals surface area contributed by atoms with E-state index in [0.29, 0.717) is 18.4 Å². The van der Waals surface area contributed by atoms with E-state index in [9.17, 15) is 4.79 Å². The van der Waals surface area contributed by atoms with Crippen LogP contribution in [0.5, 0.6) is 0 Å². The Kier molecular flexibility index (Phi) is 5.61. The quantitative estimate of drug-likeness (QED) is 0.335. The van der Waals surface area contributed by atoms with Crippen molar-refractivity contribution in [1.29, 1.82) is 0 Å². The van der Waals surface area contributed by atoms with Crippen molar-refractivity contribution < 1.29 is 18.7 Å². The topological polar surface area (TPSA) is 64.0 Å². The third kappa shape index (κ3) is 3.54. The number of carbonyl (C=O) groups excluding carboxylic acids is 1. The second kappa shape index (κ2) is 8.53. The molecule has 2 aromatic rings. The van der Waals surface area contributed by atoms with E-state index in [1.165, 1.54) is 24.8 Å². The molecule has 2 aliphatic carbocycles. The molecule has 0 bridgehead atoms. The van der Waals surface area contributed by atoms with Crippen molar-refractivity contribution in [2.24, 2.45) is 23.2 Å². The Hall–Kier alpha value is -2.11. The van der Waals surface area contributed by atoms with Gasteiger partial charge in [-0.15, -0.1) is 0 Å². The van der Waals surface area contributed by atoms with Crippen molar-refractivity contribution >= 4 is 5.97 Å². The van der Waals surface area contributed by atoms with Gasteiger partial charge in [-0.05, 0) is 62.3 Å². The maximum Gasteiger partial charge on any atom is 0.311 e.